The van der Waals surface area contributed by atoms with Gasteiger partial charge < -0.3 is 14.0 Å². The van der Waals surface area contributed by atoms with Crippen LogP contribution in [-0.2, 0) is 15.7 Å². The molecule has 5 heteroatoms. The van der Waals surface area contributed by atoms with E-state index in [0.29, 0.717) is 0 Å². The van der Waals surface area contributed by atoms with Crippen LogP contribution in [0.4, 0.5) is 0 Å². The molecule has 0 saturated carbocycles. The Labute approximate surface area is 115 Å². The lowest BCUT2D eigenvalue weighted by Gasteiger charge is -2.32. The molecule has 0 aromatic carbocycles. The molecule has 1 aliphatic heterocycles. The summed E-state index contributed by atoms with van der Waals surface area (Å²) >= 11 is 0. The smallest absolute Gasteiger partial charge is 0.497 e. The van der Waals surface area contributed by atoms with E-state index < -0.39 is 7.12 Å². The van der Waals surface area contributed by atoms with Gasteiger partial charge in [-0.15, -0.1) is 0 Å². The van der Waals surface area contributed by atoms with E-state index >= 15 is 0 Å². The summed E-state index contributed by atoms with van der Waals surface area (Å²) in [6.45, 7) is 10.2. The number of pyridine rings is 1. The molecule has 0 spiro atoms. The van der Waals surface area contributed by atoms with Gasteiger partial charge in [-0.2, -0.15) is 0 Å². The molecule has 0 aliphatic carbocycles. The number of methoxy groups -OCH3 is 1. The number of ether oxygens (including phenoxy) is 1. The molecule has 1 fully saturated rings. The van der Waals surface area contributed by atoms with Crippen molar-refractivity contribution in [3.05, 3.63) is 18.0 Å². The standard InChI is InChI=1S/C14H22BNO3/c1-7-10-8-16-9-11(12(10)17-6)15-18-13(2,3)14(4,5)19-15/h8-9H,7H2,1-6H3. The van der Waals surface area contributed by atoms with Crippen LogP contribution >= 0.6 is 0 Å². The van der Waals surface area contributed by atoms with Gasteiger partial charge in [0.25, 0.3) is 0 Å². The summed E-state index contributed by atoms with van der Waals surface area (Å²) in [5.41, 5.74) is 1.21. The van der Waals surface area contributed by atoms with Crippen LogP contribution in [0.1, 0.15) is 40.2 Å². The molecule has 1 saturated heterocycles. The first kappa shape index (κ1) is 14.3. The minimum atomic E-state index is -0.432. The maximum atomic E-state index is 6.05. The fourth-order valence-corrected chi connectivity index (χ4v) is 2.15. The molecule has 1 aromatic rings. The van der Waals surface area contributed by atoms with Crippen molar-refractivity contribution >= 4 is 12.6 Å². The molecule has 2 rings (SSSR count). The molecule has 2 heterocycles. The highest BCUT2D eigenvalue weighted by atomic mass is 16.7. The number of hydrogen-bond donors (Lipinski definition) is 0. The van der Waals surface area contributed by atoms with Gasteiger partial charge in [-0.25, -0.2) is 0 Å². The summed E-state index contributed by atoms with van der Waals surface area (Å²) < 4.78 is 17.6. The molecule has 0 unspecified atom stereocenters. The third-order valence-electron chi connectivity index (χ3n) is 4.09. The highest BCUT2D eigenvalue weighted by Crippen LogP contribution is 2.37. The Balaban J connectivity index is 2.39. The van der Waals surface area contributed by atoms with Crippen LogP contribution in [0.5, 0.6) is 5.75 Å². The summed E-state index contributed by atoms with van der Waals surface area (Å²) in [4.78, 5) is 4.26. The third kappa shape index (κ3) is 2.37. The molecule has 1 aliphatic rings. The van der Waals surface area contributed by atoms with E-state index in [-0.39, 0.29) is 11.2 Å². The maximum Gasteiger partial charge on any atom is 0.500 e. The second-order valence-corrected chi connectivity index (χ2v) is 5.86. The van der Waals surface area contributed by atoms with Crippen LogP contribution < -0.4 is 10.2 Å². The van der Waals surface area contributed by atoms with E-state index in [4.69, 9.17) is 14.0 Å². The zero-order valence-electron chi connectivity index (χ0n) is 12.6. The minimum absolute atomic E-state index is 0.356. The van der Waals surface area contributed by atoms with Gasteiger partial charge in [-0.3, -0.25) is 4.98 Å². The lowest BCUT2D eigenvalue weighted by Crippen LogP contribution is -2.41. The topological polar surface area (TPSA) is 40.6 Å². The Morgan fingerprint density at radius 3 is 2.21 bits per heavy atom. The van der Waals surface area contributed by atoms with E-state index in [0.717, 1.165) is 23.2 Å². The molecule has 1 aromatic heterocycles. The van der Waals surface area contributed by atoms with Gasteiger partial charge in [0.15, 0.2) is 0 Å². The zero-order valence-corrected chi connectivity index (χ0v) is 12.6. The molecule has 0 atom stereocenters. The van der Waals surface area contributed by atoms with Gasteiger partial charge >= 0.3 is 7.12 Å². The summed E-state index contributed by atoms with van der Waals surface area (Å²) in [5, 5.41) is 0. The van der Waals surface area contributed by atoms with Gasteiger partial charge in [0.2, 0.25) is 0 Å². The normalized spacial score (nSPS) is 20.6. The molecule has 19 heavy (non-hydrogen) atoms. The average molecular weight is 263 g/mol. The van der Waals surface area contributed by atoms with Crippen LogP contribution in [0.2, 0.25) is 0 Å². The summed E-state index contributed by atoms with van der Waals surface area (Å²) in [6.07, 6.45) is 4.46. The van der Waals surface area contributed by atoms with E-state index in [2.05, 4.69) is 11.9 Å². The Bertz CT molecular complexity index is 458. The average Bonchev–Trinajstić information content (AvgIpc) is 2.57. The number of aromatic nitrogens is 1. The van der Waals surface area contributed by atoms with Gasteiger partial charge in [-0.05, 0) is 34.1 Å². The van der Waals surface area contributed by atoms with E-state index in [9.17, 15) is 0 Å². The zero-order chi connectivity index (χ0) is 14.3. The van der Waals surface area contributed by atoms with Crippen molar-refractivity contribution in [3.63, 3.8) is 0 Å². The number of aryl methyl sites for hydroxylation is 1. The summed E-state index contributed by atoms with van der Waals surface area (Å²) in [6, 6.07) is 0. The van der Waals surface area contributed by atoms with Crippen molar-refractivity contribution in [1.29, 1.82) is 0 Å². The number of nitrogens with zero attached hydrogens (tertiary/aromatic N) is 1. The third-order valence-corrected chi connectivity index (χ3v) is 4.09. The molecule has 4 nitrogen and oxygen atoms in total. The second kappa shape index (κ2) is 4.80. The Hall–Kier alpha value is -1.07. The van der Waals surface area contributed by atoms with Gasteiger partial charge in [0, 0.05) is 23.4 Å². The molecular weight excluding hydrogens is 241 g/mol. The van der Waals surface area contributed by atoms with Gasteiger partial charge in [-0.1, -0.05) is 6.92 Å². The lowest BCUT2D eigenvalue weighted by molar-refractivity contribution is 0.00578. The van der Waals surface area contributed by atoms with Crippen LogP contribution in [-0.4, -0.2) is 30.4 Å². The summed E-state index contributed by atoms with van der Waals surface area (Å²) in [7, 11) is 1.24. The molecule has 0 bridgehead atoms. The van der Waals surface area contributed by atoms with Crippen molar-refractivity contribution < 1.29 is 14.0 Å². The first-order valence-electron chi connectivity index (χ1n) is 6.69. The number of rotatable bonds is 3. The Morgan fingerprint density at radius 2 is 1.74 bits per heavy atom. The van der Waals surface area contributed by atoms with Crippen LogP contribution in [0.3, 0.4) is 0 Å². The highest BCUT2D eigenvalue weighted by molar-refractivity contribution is 6.63. The van der Waals surface area contributed by atoms with E-state index in [1.807, 2.05) is 33.9 Å². The monoisotopic (exact) mass is 263 g/mol. The van der Waals surface area contributed by atoms with Crippen LogP contribution in [0, 0.1) is 0 Å². The second-order valence-electron chi connectivity index (χ2n) is 5.86. The molecule has 104 valence electrons. The van der Waals surface area contributed by atoms with Crippen LogP contribution in [0.25, 0.3) is 0 Å². The SMILES string of the molecule is CCc1cncc(B2OC(C)(C)C(C)(C)O2)c1OC. The quantitative estimate of drug-likeness (QED) is 0.781. The first-order valence-corrected chi connectivity index (χ1v) is 6.69. The van der Waals surface area contributed by atoms with Gasteiger partial charge in [0.05, 0.1) is 18.3 Å². The highest BCUT2D eigenvalue weighted by Gasteiger charge is 2.52. The minimum Gasteiger partial charge on any atom is -0.497 e. The fraction of sp³-hybridized carbons (Fsp3) is 0.643. The van der Waals surface area contributed by atoms with Crippen molar-refractivity contribution in [3.8, 4) is 5.75 Å². The van der Waals surface area contributed by atoms with E-state index in [1.54, 1.807) is 13.3 Å². The molecular formula is C14H22BNO3. The largest absolute Gasteiger partial charge is 0.500 e. The van der Waals surface area contributed by atoms with Crippen molar-refractivity contribution in [2.24, 2.45) is 0 Å². The van der Waals surface area contributed by atoms with Crippen LogP contribution in [0.15, 0.2) is 12.4 Å². The predicted octanol–water partition coefficient (Wildman–Crippen LogP) is 1.95. The Kier molecular flexibility index (Phi) is 3.62. The molecule has 0 amide bonds. The number of hydrogen-bond acceptors (Lipinski definition) is 4. The lowest BCUT2D eigenvalue weighted by atomic mass is 9.78. The Morgan fingerprint density at radius 1 is 1.16 bits per heavy atom. The molecule has 0 N–H and O–H groups in total. The first-order chi connectivity index (χ1) is 8.82. The van der Waals surface area contributed by atoms with Crippen molar-refractivity contribution in [1.82, 2.24) is 4.98 Å². The fourth-order valence-electron chi connectivity index (χ4n) is 2.15. The van der Waals surface area contributed by atoms with Crippen molar-refractivity contribution in [2.75, 3.05) is 7.11 Å². The van der Waals surface area contributed by atoms with Crippen molar-refractivity contribution in [2.45, 2.75) is 52.2 Å². The molecule has 0 radical (unpaired) electrons. The van der Waals surface area contributed by atoms with E-state index in [1.165, 1.54) is 0 Å². The maximum absolute atomic E-state index is 6.05. The van der Waals surface area contributed by atoms with Gasteiger partial charge in [0.1, 0.15) is 5.75 Å². The predicted molar refractivity (Wildman–Crippen MR) is 75.9 cm³/mol. The summed E-state index contributed by atoms with van der Waals surface area (Å²) in [5.74, 6) is 0.816.